The first-order valence-corrected chi connectivity index (χ1v) is 9.02. The predicted molar refractivity (Wildman–Crippen MR) is 111 cm³/mol. The van der Waals surface area contributed by atoms with Gasteiger partial charge in [-0.3, -0.25) is 0 Å². The van der Waals surface area contributed by atoms with E-state index in [1.807, 2.05) is 0 Å². The lowest BCUT2D eigenvalue weighted by molar-refractivity contribution is 0.299. The topological polar surface area (TPSA) is 106 Å². The summed E-state index contributed by atoms with van der Waals surface area (Å²) >= 11 is 0. The lowest BCUT2D eigenvalue weighted by atomic mass is 9.82. The van der Waals surface area contributed by atoms with Crippen molar-refractivity contribution >= 4 is 30.5 Å². The van der Waals surface area contributed by atoms with E-state index < -0.39 is 11.6 Å². The van der Waals surface area contributed by atoms with E-state index in [9.17, 15) is 9.18 Å². The Labute approximate surface area is 175 Å². The molecule has 1 aromatic carbocycles. The lowest BCUT2D eigenvalue weighted by Gasteiger charge is -2.32. The zero-order valence-corrected chi connectivity index (χ0v) is 17.5. The third-order valence-corrected chi connectivity index (χ3v) is 4.92. The van der Waals surface area contributed by atoms with Crippen LogP contribution in [-0.2, 0) is 0 Å². The molecule has 0 bridgehead atoms. The maximum absolute atomic E-state index is 14.6. The number of aromatic nitrogens is 2. The zero-order chi connectivity index (χ0) is 18.7. The van der Waals surface area contributed by atoms with E-state index in [-0.39, 0.29) is 48.5 Å². The summed E-state index contributed by atoms with van der Waals surface area (Å²) in [4.78, 5) is 11.2. The number of nitrogens with zero attached hydrogens (tertiary/aromatic N) is 1. The number of aromatic amines is 1. The van der Waals surface area contributed by atoms with Crippen LogP contribution in [0.5, 0.6) is 5.75 Å². The maximum Gasteiger partial charge on any atom is 0.434 e. The van der Waals surface area contributed by atoms with E-state index in [0.29, 0.717) is 23.8 Å². The Morgan fingerprint density at radius 2 is 2.04 bits per heavy atom. The molecule has 4 N–H and O–H groups in total. The molecule has 1 saturated carbocycles. The molecule has 0 spiro atoms. The molecule has 0 unspecified atom stereocenters. The van der Waals surface area contributed by atoms with Crippen LogP contribution in [0.3, 0.4) is 0 Å². The Balaban J connectivity index is 0.00000196. The molecule has 1 aliphatic rings. The number of hydrogen-bond acceptors (Lipinski definition) is 6. The van der Waals surface area contributed by atoms with Gasteiger partial charge < -0.3 is 20.2 Å². The van der Waals surface area contributed by atoms with E-state index in [1.54, 1.807) is 13.0 Å². The molecule has 0 aliphatic heterocycles. The van der Waals surface area contributed by atoms with Gasteiger partial charge in [0.2, 0.25) is 5.89 Å². The maximum atomic E-state index is 14.6. The van der Waals surface area contributed by atoms with Crippen LogP contribution in [0, 0.1) is 11.7 Å². The fourth-order valence-corrected chi connectivity index (χ4v) is 3.48. The van der Waals surface area contributed by atoms with Crippen LogP contribution in [0.4, 0.5) is 10.1 Å². The molecule has 0 radical (unpaired) electrons. The van der Waals surface area contributed by atoms with Crippen LogP contribution in [0.25, 0.3) is 11.5 Å². The number of hydrogen-bond donors (Lipinski definition) is 3. The monoisotopic (exact) mass is 436 g/mol. The van der Waals surface area contributed by atoms with Gasteiger partial charge in [-0.25, -0.2) is 14.3 Å². The second-order valence-corrected chi connectivity index (χ2v) is 6.79. The van der Waals surface area contributed by atoms with Crippen LogP contribution in [0.2, 0.25) is 0 Å². The van der Waals surface area contributed by atoms with Crippen LogP contribution in [0.1, 0.15) is 39.5 Å². The molecule has 0 amide bonds. The van der Waals surface area contributed by atoms with Crippen molar-refractivity contribution in [3.63, 3.8) is 0 Å². The molecule has 1 heterocycles. The fraction of sp³-hybridized carbons (Fsp3) is 0.556. The van der Waals surface area contributed by atoms with Gasteiger partial charge in [-0.1, -0.05) is 0 Å². The van der Waals surface area contributed by atoms with Crippen molar-refractivity contribution in [1.29, 1.82) is 0 Å². The van der Waals surface area contributed by atoms with Gasteiger partial charge in [0.1, 0.15) is 0 Å². The number of nitrogens with one attached hydrogen (secondary N) is 2. The number of rotatable bonds is 6. The van der Waals surface area contributed by atoms with Crippen molar-refractivity contribution in [3.8, 4) is 17.2 Å². The first-order chi connectivity index (χ1) is 12.5. The SMILES string of the molecule is CCOc1c(F)cc(-c2n[nH]c(=O)o2)cc1N[C@@H](C)C1CCC(N)CC1.Cl.Cl. The summed E-state index contributed by atoms with van der Waals surface area (Å²) in [5.41, 5.74) is 6.87. The second kappa shape index (κ2) is 10.7. The Bertz CT molecular complexity index is 806. The molecule has 158 valence electrons. The van der Waals surface area contributed by atoms with Gasteiger partial charge in [-0.05, 0) is 57.6 Å². The molecule has 7 nitrogen and oxygen atoms in total. The minimum atomic E-state index is -0.685. The van der Waals surface area contributed by atoms with Crippen LogP contribution in [-0.4, -0.2) is 28.9 Å². The smallest absolute Gasteiger partial charge is 0.434 e. The third kappa shape index (κ3) is 5.62. The van der Waals surface area contributed by atoms with Gasteiger partial charge in [0.15, 0.2) is 11.6 Å². The Hall–Kier alpha value is -1.77. The van der Waals surface area contributed by atoms with E-state index in [2.05, 4.69) is 22.4 Å². The number of halogens is 3. The first kappa shape index (κ1) is 24.3. The Morgan fingerprint density at radius 3 is 2.61 bits per heavy atom. The molecule has 2 aromatic rings. The summed E-state index contributed by atoms with van der Waals surface area (Å²) in [5, 5.41) is 9.33. The van der Waals surface area contributed by atoms with E-state index in [4.69, 9.17) is 14.9 Å². The van der Waals surface area contributed by atoms with Crippen molar-refractivity contribution in [2.24, 2.45) is 11.7 Å². The molecule has 1 aliphatic carbocycles. The van der Waals surface area contributed by atoms with Gasteiger partial charge in [0, 0.05) is 17.6 Å². The zero-order valence-electron chi connectivity index (χ0n) is 15.9. The van der Waals surface area contributed by atoms with Crippen LogP contribution >= 0.6 is 24.8 Å². The van der Waals surface area contributed by atoms with Crippen molar-refractivity contribution in [2.45, 2.75) is 51.6 Å². The minimum Gasteiger partial charge on any atom is -0.489 e. The summed E-state index contributed by atoms with van der Waals surface area (Å²) in [6.07, 6.45) is 4.08. The van der Waals surface area contributed by atoms with Gasteiger partial charge >= 0.3 is 5.76 Å². The molecule has 10 heteroatoms. The summed E-state index contributed by atoms with van der Waals surface area (Å²) in [6.45, 7) is 4.22. The van der Waals surface area contributed by atoms with Crippen LogP contribution in [0.15, 0.2) is 21.3 Å². The minimum absolute atomic E-state index is 0. The second-order valence-electron chi connectivity index (χ2n) is 6.79. The highest BCUT2D eigenvalue weighted by Gasteiger charge is 2.25. The number of H-pyrrole nitrogens is 1. The van der Waals surface area contributed by atoms with Crippen molar-refractivity contribution in [2.75, 3.05) is 11.9 Å². The molecule has 28 heavy (non-hydrogen) atoms. The van der Waals surface area contributed by atoms with E-state index >= 15 is 0 Å². The standard InChI is InChI=1S/C18H25FN4O3.2ClH/c1-3-25-16-14(19)8-12(17-22-23-18(24)26-17)9-15(16)21-10(2)11-4-6-13(20)7-5-11;;/h8-11,13,21H,3-7,20H2,1-2H3,(H,23,24);2*1H/t10-,11?,13?;;/m0../s1. The number of ether oxygens (including phenoxy) is 1. The van der Waals surface area contributed by atoms with E-state index in [0.717, 1.165) is 25.7 Å². The van der Waals surface area contributed by atoms with Crippen molar-refractivity contribution in [3.05, 3.63) is 28.5 Å². The van der Waals surface area contributed by atoms with Crippen molar-refractivity contribution in [1.82, 2.24) is 10.2 Å². The quantitative estimate of drug-likeness (QED) is 0.636. The van der Waals surface area contributed by atoms with Gasteiger partial charge in [0.25, 0.3) is 0 Å². The molecule has 1 atom stereocenters. The average molecular weight is 437 g/mol. The molecule has 1 aromatic heterocycles. The lowest BCUT2D eigenvalue weighted by Crippen LogP contribution is -2.34. The van der Waals surface area contributed by atoms with E-state index in [1.165, 1.54) is 6.07 Å². The predicted octanol–water partition coefficient (Wildman–Crippen LogP) is 3.73. The summed E-state index contributed by atoms with van der Waals surface area (Å²) in [6, 6.07) is 3.35. The first-order valence-electron chi connectivity index (χ1n) is 9.02. The van der Waals surface area contributed by atoms with Gasteiger partial charge in [0.05, 0.1) is 12.3 Å². The summed E-state index contributed by atoms with van der Waals surface area (Å²) in [5.74, 6) is -0.560. The van der Waals surface area contributed by atoms with Crippen molar-refractivity contribution < 1.29 is 13.5 Å². The molecular formula is C18H27Cl2FN4O3. The molecule has 0 saturated heterocycles. The highest BCUT2D eigenvalue weighted by molar-refractivity contribution is 5.85. The molecule has 3 rings (SSSR count). The summed E-state index contributed by atoms with van der Waals surface area (Å²) in [7, 11) is 0. The molecular weight excluding hydrogens is 410 g/mol. The average Bonchev–Trinajstić information content (AvgIpc) is 3.04. The largest absolute Gasteiger partial charge is 0.489 e. The highest BCUT2D eigenvalue weighted by Crippen LogP contribution is 2.35. The Kier molecular flexibility index (Phi) is 9.26. The number of benzene rings is 1. The molecule has 1 fully saturated rings. The fourth-order valence-electron chi connectivity index (χ4n) is 3.48. The number of nitrogens with two attached hydrogens (primary N) is 1. The third-order valence-electron chi connectivity index (χ3n) is 4.92. The Morgan fingerprint density at radius 1 is 1.36 bits per heavy atom. The normalized spacial score (nSPS) is 19.9. The number of anilines is 1. The highest BCUT2D eigenvalue weighted by atomic mass is 35.5. The summed E-state index contributed by atoms with van der Waals surface area (Å²) < 4.78 is 25.0. The van der Waals surface area contributed by atoms with Gasteiger partial charge in [-0.2, -0.15) is 0 Å². The van der Waals surface area contributed by atoms with Gasteiger partial charge in [-0.15, -0.1) is 29.9 Å². The van der Waals surface area contributed by atoms with Crippen LogP contribution < -0.4 is 21.5 Å².